The van der Waals surface area contributed by atoms with Crippen molar-refractivity contribution < 1.29 is 13.2 Å². The fourth-order valence-electron chi connectivity index (χ4n) is 2.95. The molecule has 1 amide bonds. The molecule has 1 unspecified atom stereocenters. The summed E-state index contributed by atoms with van der Waals surface area (Å²) in [6.07, 6.45) is 1.38. The lowest BCUT2D eigenvalue weighted by Gasteiger charge is -2.31. The molecule has 3 rings (SSSR count). The zero-order valence-electron chi connectivity index (χ0n) is 14.3. The molecule has 0 spiro atoms. The monoisotopic (exact) mass is 382 g/mol. The Kier molecular flexibility index (Phi) is 5.35. The minimum Gasteiger partial charge on any atom is -0.356 e. The van der Waals surface area contributed by atoms with Crippen LogP contribution in [0, 0.1) is 11.8 Å². The highest BCUT2D eigenvalue weighted by Gasteiger charge is 2.34. The van der Waals surface area contributed by atoms with Crippen molar-refractivity contribution in [3.05, 3.63) is 18.2 Å². The van der Waals surface area contributed by atoms with Crippen molar-refractivity contribution >= 4 is 38.7 Å². The first kappa shape index (κ1) is 18.2. The Bertz CT molecular complexity index is 863. The first-order valence-corrected chi connectivity index (χ1v) is 10.6. The van der Waals surface area contributed by atoms with E-state index in [1.165, 1.54) is 4.31 Å². The third-order valence-electron chi connectivity index (χ3n) is 4.31. The predicted molar refractivity (Wildman–Crippen MR) is 96.7 cm³/mol. The summed E-state index contributed by atoms with van der Waals surface area (Å²) < 4.78 is 35.8. The van der Waals surface area contributed by atoms with Crippen molar-refractivity contribution in [3.63, 3.8) is 0 Å². The maximum absolute atomic E-state index is 13.1. The van der Waals surface area contributed by atoms with E-state index in [1.54, 1.807) is 18.2 Å². The van der Waals surface area contributed by atoms with E-state index >= 15 is 0 Å². The number of benzene rings is 1. The summed E-state index contributed by atoms with van der Waals surface area (Å²) in [5, 5.41) is 2.91. The van der Waals surface area contributed by atoms with Crippen molar-refractivity contribution in [2.75, 3.05) is 19.6 Å². The summed E-state index contributed by atoms with van der Waals surface area (Å²) in [7, 11) is -3.70. The average Bonchev–Trinajstić information content (AvgIpc) is 3.08. The number of amides is 1. The van der Waals surface area contributed by atoms with Crippen LogP contribution in [0.15, 0.2) is 23.1 Å². The van der Waals surface area contributed by atoms with E-state index in [0.29, 0.717) is 42.9 Å². The van der Waals surface area contributed by atoms with Crippen molar-refractivity contribution in [2.45, 2.75) is 31.6 Å². The Morgan fingerprint density at radius 1 is 1.40 bits per heavy atom. The Labute approximate surface area is 151 Å². The lowest BCUT2D eigenvalue weighted by atomic mass is 9.98. The number of hydrogen-bond acceptors (Lipinski definition) is 6. The predicted octanol–water partition coefficient (Wildman–Crippen LogP) is 1.86. The first-order chi connectivity index (χ1) is 11.9. The maximum atomic E-state index is 13.1. The fraction of sp³-hybridized carbons (Fsp3) is 0.562. The van der Waals surface area contributed by atoms with Crippen LogP contribution in [-0.4, -0.2) is 47.0 Å². The summed E-state index contributed by atoms with van der Waals surface area (Å²) in [5.74, 6) is -0.0145. The summed E-state index contributed by atoms with van der Waals surface area (Å²) in [6.45, 7) is 5.29. The molecule has 1 saturated heterocycles. The summed E-state index contributed by atoms with van der Waals surface area (Å²) in [4.78, 5) is 12.5. The second-order valence-corrected chi connectivity index (χ2v) is 9.16. The van der Waals surface area contributed by atoms with Crippen LogP contribution in [0.3, 0.4) is 0 Å². The number of nitrogens with one attached hydrogen (secondary N) is 1. The minimum atomic E-state index is -3.70. The van der Waals surface area contributed by atoms with E-state index < -0.39 is 10.0 Å². The van der Waals surface area contributed by atoms with E-state index in [4.69, 9.17) is 0 Å². The van der Waals surface area contributed by atoms with Gasteiger partial charge in [-0.3, -0.25) is 4.79 Å². The number of aromatic nitrogens is 2. The van der Waals surface area contributed by atoms with Gasteiger partial charge in [0.1, 0.15) is 15.9 Å². The van der Waals surface area contributed by atoms with Gasteiger partial charge in [-0.15, -0.1) is 0 Å². The van der Waals surface area contributed by atoms with Crippen LogP contribution >= 0.6 is 11.7 Å². The van der Waals surface area contributed by atoms with Crippen molar-refractivity contribution in [3.8, 4) is 0 Å². The maximum Gasteiger partial charge on any atom is 0.245 e. The van der Waals surface area contributed by atoms with Gasteiger partial charge in [0.15, 0.2) is 0 Å². The zero-order chi connectivity index (χ0) is 18.0. The third kappa shape index (κ3) is 3.83. The molecule has 0 saturated carbocycles. The molecule has 1 aromatic carbocycles. The molecule has 1 aliphatic heterocycles. The van der Waals surface area contributed by atoms with Crippen LogP contribution < -0.4 is 5.32 Å². The highest BCUT2D eigenvalue weighted by atomic mass is 32.2. The number of carbonyl (C=O) groups is 1. The second kappa shape index (κ2) is 7.35. The molecule has 1 N–H and O–H groups in total. The lowest BCUT2D eigenvalue weighted by Crippen LogP contribution is -2.45. The molecule has 1 atom stereocenters. The zero-order valence-corrected chi connectivity index (χ0v) is 15.9. The van der Waals surface area contributed by atoms with Crippen LogP contribution in [0.25, 0.3) is 11.0 Å². The lowest BCUT2D eigenvalue weighted by molar-refractivity contribution is -0.126. The van der Waals surface area contributed by atoms with Crippen molar-refractivity contribution in [1.29, 1.82) is 0 Å². The van der Waals surface area contributed by atoms with E-state index in [0.717, 1.165) is 11.7 Å². The van der Waals surface area contributed by atoms with Gasteiger partial charge in [0.05, 0.1) is 17.6 Å². The van der Waals surface area contributed by atoms with Crippen molar-refractivity contribution in [2.24, 2.45) is 11.8 Å². The van der Waals surface area contributed by atoms with Gasteiger partial charge in [0.2, 0.25) is 15.9 Å². The molecule has 2 heterocycles. The Morgan fingerprint density at radius 3 is 2.96 bits per heavy atom. The number of sulfonamides is 1. The van der Waals surface area contributed by atoms with Gasteiger partial charge < -0.3 is 5.32 Å². The highest BCUT2D eigenvalue weighted by Crippen LogP contribution is 2.28. The number of carbonyl (C=O) groups excluding carboxylic acids is 1. The molecular weight excluding hydrogens is 360 g/mol. The Morgan fingerprint density at radius 2 is 2.20 bits per heavy atom. The van der Waals surface area contributed by atoms with Gasteiger partial charge in [-0.05, 0) is 30.9 Å². The molecule has 0 aliphatic carbocycles. The van der Waals surface area contributed by atoms with Gasteiger partial charge >= 0.3 is 0 Å². The van der Waals surface area contributed by atoms with Gasteiger partial charge in [-0.25, -0.2) is 8.42 Å². The van der Waals surface area contributed by atoms with Gasteiger partial charge in [0.25, 0.3) is 0 Å². The molecule has 0 radical (unpaired) electrons. The van der Waals surface area contributed by atoms with Gasteiger partial charge in [-0.2, -0.15) is 13.1 Å². The number of piperidine rings is 1. The molecule has 1 aliphatic rings. The summed E-state index contributed by atoms with van der Waals surface area (Å²) in [5.41, 5.74) is 0.980. The van der Waals surface area contributed by atoms with E-state index in [-0.39, 0.29) is 23.3 Å². The molecular formula is C16H22N4O3S2. The van der Waals surface area contributed by atoms with E-state index in [1.807, 2.05) is 13.8 Å². The smallest absolute Gasteiger partial charge is 0.245 e. The fourth-order valence-corrected chi connectivity index (χ4v) is 5.23. The first-order valence-electron chi connectivity index (χ1n) is 8.38. The van der Waals surface area contributed by atoms with Crippen LogP contribution in [0.5, 0.6) is 0 Å². The van der Waals surface area contributed by atoms with Gasteiger partial charge in [-0.1, -0.05) is 19.9 Å². The molecule has 0 bridgehead atoms. The van der Waals surface area contributed by atoms with Crippen LogP contribution in [0.2, 0.25) is 0 Å². The SMILES string of the molecule is CC(C)CNC(=O)C1CCCN(S(=O)(=O)c2cccc3nsnc23)C1. The van der Waals surface area contributed by atoms with E-state index in [2.05, 4.69) is 14.1 Å². The Hall–Kier alpha value is -1.58. The van der Waals surface area contributed by atoms with Crippen molar-refractivity contribution in [1.82, 2.24) is 18.4 Å². The molecule has 2 aromatic rings. The molecule has 7 nitrogen and oxygen atoms in total. The third-order valence-corrected chi connectivity index (χ3v) is 6.75. The number of nitrogens with zero attached hydrogens (tertiary/aromatic N) is 3. The molecule has 1 fully saturated rings. The molecule has 136 valence electrons. The normalized spacial score (nSPS) is 19.4. The number of rotatable bonds is 5. The van der Waals surface area contributed by atoms with Crippen LogP contribution in [0.1, 0.15) is 26.7 Å². The highest BCUT2D eigenvalue weighted by molar-refractivity contribution is 7.89. The topological polar surface area (TPSA) is 92.3 Å². The Balaban J connectivity index is 1.80. The van der Waals surface area contributed by atoms with Gasteiger partial charge in [0, 0.05) is 19.6 Å². The number of fused-ring (bicyclic) bond motifs is 1. The average molecular weight is 383 g/mol. The summed E-state index contributed by atoms with van der Waals surface area (Å²) in [6, 6.07) is 4.98. The molecule has 1 aromatic heterocycles. The molecule has 9 heteroatoms. The minimum absolute atomic E-state index is 0.0675. The standard InChI is InChI=1S/C16H22N4O3S2/c1-11(2)9-17-16(21)12-5-4-8-20(10-12)25(22,23)14-7-3-6-13-15(14)19-24-18-13/h3,6-7,11-12H,4-5,8-10H2,1-2H3,(H,17,21). The largest absolute Gasteiger partial charge is 0.356 e. The second-order valence-electron chi connectivity index (χ2n) is 6.73. The summed E-state index contributed by atoms with van der Waals surface area (Å²) >= 11 is 0.997. The quantitative estimate of drug-likeness (QED) is 0.852. The van der Waals surface area contributed by atoms with Crippen LogP contribution in [0.4, 0.5) is 0 Å². The number of hydrogen-bond donors (Lipinski definition) is 1. The van der Waals surface area contributed by atoms with Crippen LogP contribution in [-0.2, 0) is 14.8 Å². The molecule has 25 heavy (non-hydrogen) atoms. The van der Waals surface area contributed by atoms with E-state index in [9.17, 15) is 13.2 Å².